The van der Waals surface area contributed by atoms with E-state index in [1.54, 1.807) is 0 Å². The van der Waals surface area contributed by atoms with Gasteiger partial charge < -0.3 is 28.5 Å². The van der Waals surface area contributed by atoms with Crippen LogP contribution in [0.1, 0.15) is 187 Å². The number of carboxylic acid groups (broad SMARTS) is 1. The van der Waals surface area contributed by atoms with Crippen LogP contribution in [0.5, 0.6) is 0 Å². The van der Waals surface area contributed by atoms with E-state index in [-0.39, 0.29) is 38.6 Å². The number of aliphatic carboxylic acids is 1. The second kappa shape index (κ2) is 51.1. The molecule has 0 aliphatic heterocycles. The van der Waals surface area contributed by atoms with Gasteiger partial charge in [-0.05, 0) is 89.9 Å². The average molecular weight is 975 g/mol. The number of carbonyl (C=O) groups excluding carboxylic acids is 2. The first-order valence-corrected chi connectivity index (χ1v) is 27.2. The van der Waals surface area contributed by atoms with Gasteiger partial charge in [-0.2, -0.15) is 0 Å². The Morgan fingerprint density at radius 3 is 1.21 bits per heavy atom. The van der Waals surface area contributed by atoms with Crippen LogP contribution >= 0.6 is 0 Å². The zero-order valence-corrected chi connectivity index (χ0v) is 44.9. The first-order chi connectivity index (χ1) is 34.1. The minimum atomic E-state index is -1.53. The zero-order chi connectivity index (χ0) is 51.3. The maximum Gasteiger partial charge on any atom is 0.361 e. The molecule has 396 valence electrons. The first-order valence-electron chi connectivity index (χ1n) is 27.2. The van der Waals surface area contributed by atoms with E-state index in [0.29, 0.717) is 17.4 Å². The topological polar surface area (TPSA) is 108 Å². The molecule has 1 N–H and O–H groups in total. The van der Waals surface area contributed by atoms with Crippen LogP contribution in [-0.2, 0) is 33.3 Å². The van der Waals surface area contributed by atoms with E-state index in [4.69, 9.17) is 18.9 Å². The van der Waals surface area contributed by atoms with Crippen molar-refractivity contribution in [1.82, 2.24) is 0 Å². The third kappa shape index (κ3) is 51.5. The molecule has 2 unspecified atom stereocenters. The Morgan fingerprint density at radius 2 is 0.814 bits per heavy atom. The number of carbonyl (C=O) groups is 3. The summed E-state index contributed by atoms with van der Waals surface area (Å²) in [6.07, 6.45) is 68.5. The summed E-state index contributed by atoms with van der Waals surface area (Å²) >= 11 is 0. The molecule has 0 rings (SSSR count). The SMILES string of the molecule is CC/C=C\C/C=C\C/C=C\C/C=C\C/C=C\C/C=C\C/C=C\C/C=C\C/C=C\C/C=C\CCCCC(=O)OC(COC(=O)CCCCCCCCCCCCCC)COC(OCC[N+](C)(C)C)C(=O)O. The van der Waals surface area contributed by atoms with Crippen molar-refractivity contribution in [2.24, 2.45) is 0 Å². The van der Waals surface area contributed by atoms with Gasteiger partial charge in [0.1, 0.15) is 13.2 Å². The van der Waals surface area contributed by atoms with Gasteiger partial charge in [0, 0.05) is 12.8 Å². The van der Waals surface area contributed by atoms with E-state index in [1.165, 1.54) is 57.8 Å². The Bertz CT molecular complexity index is 1560. The summed E-state index contributed by atoms with van der Waals surface area (Å²) in [6, 6.07) is 0. The van der Waals surface area contributed by atoms with Gasteiger partial charge in [-0.15, -0.1) is 0 Å². The molecular formula is C61H100NO8+. The highest BCUT2D eigenvalue weighted by atomic mass is 16.7. The van der Waals surface area contributed by atoms with Gasteiger partial charge in [-0.3, -0.25) is 9.59 Å². The molecule has 0 aromatic carbocycles. The number of allylic oxidation sites excluding steroid dienone is 20. The van der Waals surface area contributed by atoms with Crippen LogP contribution in [0.25, 0.3) is 0 Å². The predicted octanol–water partition coefficient (Wildman–Crippen LogP) is 15.7. The highest BCUT2D eigenvalue weighted by Crippen LogP contribution is 2.14. The van der Waals surface area contributed by atoms with Crippen molar-refractivity contribution < 1.29 is 42.9 Å². The van der Waals surface area contributed by atoms with Gasteiger partial charge in [0.15, 0.2) is 6.10 Å². The second-order valence-corrected chi connectivity index (χ2v) is 18.8. The molecule has 0 radical (unpaired) electrons. The molecule has 0 fully saturated rings. The largest absolute Gasteiger partial charge is 0.477 e. The van der Waals surface area contributed by atoms with Crippen molar-refractivity contribution in [3.05, 3.63) is 122 Å². The van der Waals surface area contributed by atoms with Crippen molar-refractivity contribution in [1.29, 1.82) is 0 Å². The molecule has 0 aromatic heterocycles. The number of hydrogen-bond donors (Lipinski definition) is 1. The molecule has 0 aliphatic rings. The van der Waals surface area contributed by atoms with Gasteiger partial charge in [-0.25, -0.2) is 4.79 Å². The van der Waals surface area contributed by atoms with Crippen LogP contribution in [0.4, 0.5) is 0 Å². The molecule has 0 bridgehead atoms. The molecule has 0 spiro atoms. The van der Waals surface area contributed by atoms with Crippen LogP contribution in [0.3, 0.4) is 0 Å². The number of unbranched alkanes of at least 4 members (excludes halogenated alkanes) is 13. The lowest BCUT2D eigenvalue weighted by molar-refractivity contribution is -0.870. The molecule has 9 nitrogen and oxygen atoms in total. The predicted molar refractivity (Wildman–Crippen MR) is 294 cm³/mol. The Labute approximate surface area is 427 Å². The lowest BCUT2D eigenvalue weighted by Gasteiger charge is -2.25. The normalized spacial score (nSPS) is 13.8. The first kappa shape index (κ1) is 65.7. The van der Waals surface area contributed by atoms with Gasteiger partial charge in [0.2, 0.25) is 0 Å². The second-order valence-electron chi connectivity index (χ2n) is 18.8. The maximum absolute atomic E-state index is 12.8. The molecule has 70 heavy (non-hydrogen) atoms. The van der Waals surface area contributed by atoms with Gasteiger partial charge >= 0.3 is 17.9 Å². The summed E-state index contributed by atoms with van der Waals surface area (Å²) < 4.78 is 22.7. The van der Waals surface area contributed by atoms with Crippen molar-refractivity contribution in [3.8, 4) is 0 Å². The van der Waals surface area contributed by atoms with Gasteiger partial charge in [0.05, 0.1) is 34.4 Å². The smallest absolute Gasteiger partial charge is 0.361 e. The van der Waals surface area contributed by atoms with E-state index in [1.807, 2.05) is 21.1 Å². The monoisotopic (exact) mass is 975 g/mol. The highest BCUT2D eigenvalue weighted by Gasteiger charge is 2.25. The number of quaternary nitrogens is 1. The molecule has 0 aromatic rings. The molecule has 0 aliphatic carbocycles. The number of rotatable bonds is 48. The number of nitrogens with zero attached hydrogens (tertiary/aromatic N) is 1. The van der Waals surface area contributed by atoms with E-state index in [0.717, 1.165) is 96.3 Å². The Morgan fingerprint density at radius 1 is 0.443 bits per heavy atom. The number of hydrogen-bond acceptors (Lipinski definition) is 7. The average Bonchev–Trinajstić information content (AvgIpc) is 3.33. The minimum absolute atomic E-state index is 0.173. The molecular weight excluding hydrogens is 875 g/mol. The molecule has 0 amide bonds. The van der Waals surface area contributed by atoms with Gasteiger partial charge in [0.25, 0.3) is 6.29 Å². The summed E-state index contributed by atoms with van der Waals surface area (Å²) in [5, 5.41) is 9.66. The van der Waals surface area contributed by atoms with Gasteiger partial charge in [-0.1, -0.05) is 206 Å². The van der Waals surface area contributed by atoms with E-state index in [2.05, 4.69) is 135 Å². The summed E-state index contributed by atoms with van der Waals surface area (Å²) in [5.41, 5.74) is 0. The highest BCUT2D eigenvalue weighted by molar-refractivity contribution is 5.71. The van der Waals surface area contributed by atoms with Crippen LogP contribution < -0.4 is 0 Å². The standard InChI is InChI=1S/C61H99NO8/c1-6-8-10-12-14-16-18-20-21-22-23-24-25-26-27-28-29-30-31-32-33-34-35-36-37-38-39-40-42-44-46-48-50-52-59(64)70-57(56-69-61(60(65)66)67-54-53-62(3,4)5)55-68-58(63)51-49-47-45-43-41-19-17-15-13-11-9-7-2/h8,10,14,16,20-21,23-24,26-27,29-30,32-33,35-36,38-39,42,44,57,61H,6-7,9,11-13,15,17-19,22,25,28,31,34,37,40-41,43,45-56H2,1-5H3/p+1/b10-8-,16-14-,21-20-,24-23-,27-26-,30-29-,33-32-,36-35-,39-38-,44-42-. The number of likely N-dealkylation sites (N-methyl/N-ethyl adjacent to an activating group) is 1. The third-order valence-corrected chi connectivity index (χ3v) is 11.0. The maximum atomic E-state index is 12.8. The fourth-order valence-electron chi connectivity index (χ4n) is 6.80. The van der Waals surface area contributed by atoms with Crippen molar-refractivity contribution >= 4 is 17.9 Å². The Hall–Kier alpha value is -4.31. The third-order valence-electron chi connectivity index (χ3n) is 11.0. The Balaban J connectivity index is 4.36. The lowest BCUT2D eigenvalue weighted by atomic mass is 10.0. The van der Waals surface area contributed by atoms with Crippen molar-refractivity contribution in [3.63, 3.8) is 0 Å². The van der Waals surface area contributed by atoms with E-state index in [9.17, 15) is 19.5 Å². The summed E-state index contributed by atoms with van der Waals surface area (Å²) in [4.78, 5) is 37.2. The van der Waals surface area contributed by atoms with Crippen molar-refractivity contribution in [2.75, 3.05) is 47.5 Å². The van der Waals surface area contributed by atoms with Crippen molar-refractivity contribution in [2.45, 2.75) is 200 Å². The van der Waals surface area contributed by atoms with Crippen LogP contribution in [-0.4, -0.2) is 87.4 Å². The Kier molecular flexibility index (Phi) is 47.9. The van der Waals surface area contributed by atoms with Crippen LogP contribution in [0.2, 0.25) is 0 Å². The molecule has 2 atom stereocenters. The van der Waals surface area contributed by atoms with Crippen LogP contribution in [0.15, 0.2) is 122 Å². The number of esters is 2. The quantitative estimate of drug-likeness (QED) is 0.0211. The minimum Gasteiger partial charge on any atom is -0.477 e. The van der Waals surface area contributed by atoms with E-state index >= 15 is 0 Å². The van der Waals surface area contributed by atoms with Crippen LogP contribution in [0, 0.1) is 0 Å². The molecule has 0 heterocycles. The fourth-order valence-corrected chi connectivity index (χ4v) is 6.80. The molecule has 0 saturated carbocycles. The molecule has 0 saturated heterocycles. The molecule has 9 heteroatoms. The zero-order valence-electron chi connectivity index (χ0n) is 44.9. The number of ether oxygens (including phenoxy) is 4. The summed E-state index contributed by atoms with van der Waals surface area (Å²) in [7, 11) is 5.94. The lowest BCUT2D eigenvalue weighted by Crippen LogP contribution is -2.40. The fraction of sp³-hybridized carbons (Fsp3) is 0.623. The number of carboxylic acids is 1. The summed E-state index contributed by atoms with van der Waals surface area (Å²) in [6.45, 7) is 4.68. The van der Waals surface area contributed by atoms with E-state index < -0.39 is 24.3 Å². The summed E-state index contributed by atoms with van der Waals surface area (Å²) in [5.74, 6) is -2.08.